The molecule has 12 aromatic rings. The van der Waals surface area contributed by atoms with Crippen LogP contribution < -0.4 is 19.6 Å². The molecule has 13 rings (SSSR count). The van der Waals surface area contributed by atoms with Gasteiger partial charge in [-0.2, -0.15) is 0 Å². The average Bonchev–Trinajstić information content (AvgIpc) is 3.50. The third kappa shape index (κ3) is 9.25. The molecule has 12 aromatic carbocycles. The van der Waals surface area contributed by atoms with Crippen LogP contribution in [-0.4, -0.2) is 0 Å². The van der Waals surface area contributed by atoms with Gasteiger partial charge in [-0.05, 0) is 209 Å². The van der Waals surface area contributed by atoms with Crippen LogP contribution in [0.2, 0.25) is 0 Å². The van der Waals surface area contributed by atoms with Gasteiger partial charge in [-0.15, -0.1) is 0 Å². The monoisotopic (exact) mass is 990 g/mol. The summed E-state index contributed by atoms with van der Waals surface area (Å²) in [5.41, 5.74) is 19.1. The van der Waals surface area contributed by atoms with Crippen molar-refractivity contribution in [2.24, 2.45) is 5.92 Å². The van der Waals surface area contributed by atoms with E-state index in [-0.39, 0.29) is 5.92 Å². The highest BCUT2D eigenvalue weighted by molar-refractivity contribution is 6.01. The zero-order valence-corrected chi connectivity index (χ0v) is 43.2. The van der Waals surface area contributed by atoms with Crippen molar-refractivity contribution in [3.8, 4) is 0 Å². The number of nitrogens with zero attached hydrogens (tertiary/aromatic N) is 4. The summed E-state index contributed by atoms with van der Waals surface area (Å²) in [7, 11) is 0. The molecule has 0 aliphatic heterocycles. The SMILES string of the molecule is Cc1c(N(c2ccccc2)c2ccccc2)ccc2cc(N(c3ccccc3)c3ccccc3)cc(C[C@H]3Cc4cc(N(c5ccccc5)c5ccccc5)cc5ccc(N(c6ccccc6)c6ccccc6)c(c45)C3)c12. The molecule has 1 aliphatic carbocycles. The summed E-state index contributed by atoms with van der Waals surface area (Å²) < 4.78 is 0. The minimum Gasteiger partial charge on any atom is -0.310 e. The summed E-state index contributed by atoms with van der Waals surface area (Å²) in [6.07, 6.45) is 2.68. The molecule has 0 bridgehead atoms. The fourth-order valence-electron chi connectivity index (χ4n) is 12.1. The van der Waals surface area contributed by atoms with E-state index >= 15 is 0 Å². The molecule has 0 spiro atoms. The normalized spacial score (nSPS) is 12.8. The lowest BCUT2D eigenvalue weighted by Gasteiger charge is -2.34. The van der Waals surface area contributed by atoms with Crippen LogP contribution in [0.25, 0.3) is 21.5 Å². The zero-order valence-electron chi connectivity index (χ0n) is 43.2. The van der Waals surface area contributed by atoms with Crippen molar-refractivity contribution < 1.29 is 0 Å². The molecule has 0 heterocycles. The Kier molecular flexibility index (Phi) is 12.8. The Balaban J connectivity index is 1.03. The lowest BCUT2D eigenvalue weighted by atomic mass is 9.77. The lowest BCUT2D eigenvalue weighted by Crippen LogP contribution is -2.21. The largest absolute Gasteiger partial charge is 0.310 e. The molecule has 0 saturated heterocycles. The van der Waals surface area contributed by atoms with Gasteiger partial charge < -0.3 is 19.6 Å². The molecule has 0 radical (unpaired) electrons. The van der Waals surface area contributed by atoms with Crippen molar-refractivity contribution in [1.29, 1.82) is 0 Å². The smallest absolute Gasteiger partial charge is 0.0500 e. The molecular formula is C73H58N4. The van der Waals surface area contributed by atoms with Crippen molar-refractivity contribution in [2.45, 2.75) is 26.2 Å². The van der Waals surface area contributed by atoms with Crippen molar-refractivity contribution >= 4 is 89.8 Å². The average molecular weight is 991 g/mol. The number of benzene rings is 12. The van der Waals surface area contributed by atoms with Crippen LogP contribution >= 0.6 is 0 Å². The van der Waals surface area contributed by atoms with Crippen LogP contribution in [0.15, 0.2) is 291 Å². The van der Waals surface area contributed by atoms with E-state index in [1.165, 1.54) is 55.2 Å². The van der Waals surface area contributed by atoms with Gasteiger partial charge in [-0.25, -0.2) is 0 Å². The Labute approximate surface area is 452 Å². The van der Waals surface area contributed by atoms with E-state index in [0.29, 0.717) is 0 Å². The number of hydrogen-bond donors (Lipinski definition) is 0. The van der Waals surface area contributed by atoms with Crippen LogP contribution in [0.1, 0.15) is 22.3 Å². The number of aryl methyl sites for hydroxylation is 1. The van der Waals surface area contributed by atoms with Gasteiger partial charge in [0.05, 0.1) is 0 Å². The summed E-state index contributed by atoms with van der Waals surface area (Å²) in [5.74, 6) is 0.250. The van der Waals surface area contributed by atoms with Gasteiger partial charge in [0.2, 0.25) is 0 Å². The highest BCUT2D eigenvalue weighted by Gasteiger charge is 2.30. The predicted octanol–water partition coefficient (Wildman–Crippen LogP) is 20.1. The molecular weight excluding hydrogens is 933 g/mol. The molecule has 77 heavy (non-hydrogen) atoms. The van der Waals surface area contributed by atoms with Crippen molar-refractivity contribution in [3.05, 3.63) is 313 Å². The molecule has 0 amide bonds. The second-order valence-corrected chi connectivity index (χ2v) is 20.2. The van der Waals surface area contributed by atoms with Crippen LogP contribution in [0.3, 0.4) is 0 Å². The molecule has 0 saturated carbocycles. The Bertz CT molecular complexity index is 3790. The molecule has 370 valence electrons. The van der Waals surface area contributed by atoms with Crippen LogP contribution in [0.5, 0.6) is 0 Å². The summed E-state index contributed by atoms with van der Waals surface area (Å²) in [5, 5.41) is 5.14. The van der Waals surface area contributed by atoms with Gasteiger partial charge in [0, 0.05) is 68.2 Å². The van der Waals surface area contributed by atoms with Gasteiger partial charge in [-0.1, -0.05) is 158 Å². The molecule has 0 N–H and O–H groups in total. The van der Waals surface area contributed by atoms with Gasteiger partial charge in [-0.3, -0.25) is 0 Å². The number of rotatable bonds is 14. The van der Waals surface area contributed by atoms with Crippen LogP contribution in [0, 0.1) is 12.8 Å². The van der Waals surface area contributed by atoms with E-state index in [9.17, 15) is 0 Å². The van der Waals surface area contributed by atoms with Crippen LogP contribution in [0.4, 0.5) is 68.2 Å². The third-order valence-electron chi connectivity index (χ3n) is 15.3. The van der Waals surface area contributed by atoms with Gasteiger partial charge in [0.25, 0.3) is 0 Å². The van der Waals surface area contributed by atoms with E-state index < -0.39 is 0 Å². The number of para-hydroxylation sites is 8. The van der Waals surface area contributed by atoms with E-state index in [1.54, 1.807) is 0 Å². The Morgan fingerprint density at radius 3 is 1.01 bits per heavy atom. The zero-order chi connectivity index (χ0) is 51.5. The summed E-state index contributed by atoms with van der Waals surface area (Å²) in [4.78, 5) is 9.74. The first-order valence-corrected chi connectivity index (χ1v) is 26.9. The minimum atomic E-state index is 0.250. The van der Waals surface area contributed by atoms with E-state index in [0.717, 1.165) is 76.1 Å². The molecule has 0 aromatic heterocycles. The highest BCUT2D eigenvalue weighted by Crippen LogP contribution is 2.49. The van der Waals surface area contributed by atoms with Gasteiger partial charge >= 0.3 is 0 Å². The maximum atomic E-state index is 2.51. The minimum absolute atomic E-state index is 0.250. The fraction of sp³-hybridized carbons (Fsp3) is 0.0685. The van der Waals surface area contributed by atoms with E-state index in [1.807, 2.05) is 0 Å². The topological polar surface area (TPSA) is 13.0 Å². The first kappa shape index (κ1) is 47.1. The maximum absolute atomic E-state index is 2.51. The molecule has 0 unspecified atom stereocenters. The van der Waals surface area contributed by atoms with Crippen molar-refractivity contribution in [3.63, 3.8) is 0 Å². The molecule has 4 nitrogen and oxygen atoms in total. The highest BCUT2D eigenvalue weighted by atomic mass is 15.2. The molecule has 0 fully saturated rings. The summed E-state index contributed by atoms with van der Waals surface area (Å²) >= 11 is 0. The lowest BCUT2D eigenvalue weighted by molar-refractivity contribution is 0.514. The first-order chi connectivity index (χ1) is 38.1. The number of anilines is 12. The Hall–Kier alpha value is -9.64. The molecule has 4 heteroatoms. The Morgan fingerprint density at radius 2 is 0.623 bits per heavy atom. The number of hydrogen-bond acceptors (Lipinski definition) is 4. The Morgan fingerprint density at radius 1 is 0.299 bits per heavy atom. The predicted molar refractivity (Wildman–Crippen MR) is 326 cm³/mol. The van der Waals surface area contributed by atoms with E-state index in [4.69, 9.17) is 0 Å². The fourth-order valence-corrected chi connectivity index (χ4v) is 12.1. The second kappa shape index (κ2) is 20.9. The second-order valence-electron chi connectivity index (χ2n) is 20.2. The maximum Gasteiger partial charge on any atom is 0.0500 e. The number of fused-ring (bicyclic) bond motifs is 1. The first-order valence-electron chi connectivity index (χ1n) is 26.9. The van der Waals surface area contributed by atoms with Gasteiger partial charge in [0.1, 0.15) is 0 Å². The third-order valence-corrected chi connectivity index (χ3v) is 15.3. The molecule has 1 aliphatic rings. The van der Waals surface area contributed by atoms with Crippen molar-refractivity contribution in [2.75, 3.05) is 19.6 Å². The van der Waals surface area contributed by atoms with Crippen molar-refractivity contribution in [1.82, 2.24) is 0 Å². The van der Waals surface area contributed by atoms with Gasteiger partial charge in [0.15, 0.2) is 0 Å². The van der Waals surface area contributed by atoms with E-state index in [2.05, 4.69) is 318 Å². The molecule has 1 atom stereocenters. The summed E-state index contributed by atoms with van der Waals surface area (Å²) in [6.45, 7) is 2.34. The quantitative estimate of drug-likeness (QED) is 0.108. The van der Waals surface area contributed by atoms with Crippen LogP contribution in [-0.2, 0) is 19.3 Å². The summed E-state index contributed by atoms with van der Waals surface area (Å²) in [6, 6.07) is 106. The standard InChI is InChI=1S/C73H58N4/c1-53-70(76(63-34-18-6-19-35-63)64-36-20-7-21-37-64)44-42-55-49-67(74(59-26-10-2-11-27-59)60-28-12-3-13-29-60)51-57(72(53)55)46-54-47-58-52-68(75(61-30-14-4-15-31-61)62-32-16-5-17-33-62)50-56-43-45-71(69(48-54)73(56)58)77(65-38-22-8-23-39-65)66-40-24-9-25-41-66/h2-45,49-52,54H,46-48H2,1H3/t54-/m0/s1.